The predicted molar refractivity (Wildman–Crippen MR) is 154 cm³/mol. The molecule has 1 amide bonds. The summed E-state index contributed by atoms with van der Waals surface area (Å²) in [5.74, 6) is 1.78. The monoisotopic (exact) mass is 514 g/mol. The average molecular weight is 515 g/mol. The van der Waals surface area contributed by atoms with E-state index in [9.17, 15) is 4.79 Å². The van der Waals surface area contributed by atoms with Crippen LogP contribution >= 0.6 is 11.8 Å². The molecule has 0 aliphatic carbocycles. The fraction of sp³-hybridized carbons (Fsp3) is 0.290. The lowest BCUT2D eigenvalue weighted by Crippen LogP contribution is -2.31. The fourth-order valence-corrected chi connectivity index (χ4v) is 4.84. The Kier molecular flexibility index (Phi) is 9.07. The zero-order valence-corrected chi connectivity index (χ0v) is 22.8. The molecule has 0 radical (unpaired) electrons. The first-order chi connectivity index (χ1) is 17.9. The molecule has 0 aromatic heterocycles. The van der Waals surface area contributed by atoms with Crippen LogP contribution in [0.1, 0.15) is 37.5 Å². The number of hydrogen-bond donors (Lipinski definition) is 0. The maximum atomic E-state index is 13.5. The topological polar surface area (TPSA) is 51.1 Å². The number of aliphatic imine (C=N–C) groups is 1. The first-order valence-corrected chi connectivity index (χ1v) is 13.5. The molecule has 5 nitrogen and oxygen atoms in total. The van der Waals surface area contributed by atoms with Crippen molar-refractivity contribution in [2.24, 2.45) is 10.9 Å². The van der Waals surface area contributed by atoms with Crippen LogP contribution in [0.2, 0.25) is 0 Å². The van der Waals surface area contributed by atoms with Crippen LogP contribution in [0.15, 0.2) is 82.7 Å². The zero-order chi connectivity index (χ0) is 26.2. The number of hydrogen-bond acceptors (Lipinski definition) is 5. The second-order valence-corrected chi connectivity index (χ2v) is 10.4. The minimum absolute atomic E-state index is 0.0371. The molecule has 6 heteroatoms. The molecular formula is C31H34N2O3S. The Bertz CT molecular complexity index is 1270. The van der Waals surface area contributed by atoms with Gasteiger partial charge in [-0.15, -0.1) is 0 Å². The van der Waals surface area contributed by atoms with E-state index in [1.807, 2.05) is 80.6 Å². The lowest BCUT2D eigenvalue weighted by molar-refractivity contribution is -0.122. The molecule has 192 valence electrons. The van der Waals surface area contributed by atoms with Crippen molar-refractivity contribution in [2.75, 3.05) is 19.8 Å². The Labute approximate surface area is 224 Å². The molecule has 1 saturated heterocycles. The molecule has 0 N–H and O–H groups in total. The standard InChI is InChI=1S/C31H34N2O3S/c1-5-35-28-19-25(13-16-27(28)36-21-22(2)3)20-29-30(34)33(18-17-24-9-7-6-8-10-24)31(37-29)32-26-14-11-23(4)12-15-26/h6-16,19-20,22H,5,17-18,21H2,1-4H3/b29-20+,32-31?. The number of rotatable bonds is 10. The molecule has 3 aromatic rings. The third-order valence-corrected chi connectivity index (χ3v) is 6.76. The van der Waals surface area contributed by atoms with E-state index in [1.165, 1.54) is 22.9 Å². The van der Waals surface area contributed by atoms with Gasteiger partial charge in [-0.25, -0.2) is 4.99 Å². The summed E-state index contributed by atoms with van der Waals surface area (Å²) in [4.78, 5) is 20.8. The van der Waals surface area contributed by atoms with Gasteiger partial charge < -0.3 is 9.47 Å². The highest BCUT2D eigenvalue weighted by atomic mass is 32.2. The van der Waals surface area contributed by atoms with Crippen molar-refractivity contribution in [1.82, 2.24) is 4.90 Å². The van der Waals surface area contributed by atoms with Crippen molar-refractivity contribution < 1.29 is 14.3 Å². The SMILES string of the molecule is CCOc1cc(/C=C2/SC(=Nc3ccc(C)cc3)N(CCc3ccccc3)C2=O)ccc1OCC(C)C. The molecule has 1 heterocycles. The summed E-state index contributed by atoms with van der Waals surface area (Å²) in [5.41, 5.74) is 4.07. The van der Waals surface area contributed by atoms with Gasteiger partial charge in [0.2, 0.25) is 0 Å². The van der Waals surface area contributed by atoms with Crippen LogP contribution in [-0.4, -0.2) is 35.7 Å². The number of aryl methyl sites for hydroxylation is 1. The third kappa shape index (κ3) is 7.26. The highest BCUT2D eigenvalue weighted by molar-refractivity contribution is 8.18. The van der Waals surface area contributed by atoms with Crippen molar-refractivity contribution in [2.45, 2.75) is 34.1 Å². The lowest BCUT2D eigenvalue weighted by Gasteiger charge is -2.15. The van der Waals surface area contributed by atoms with Crippen LogP contribution in [0, 0.1) is 12.8 Å². The molecule has 0 bridgehead atoms. The normalized spacial score (nSPS) is 15.7. The summed E-state index contributed by atoms with van der Waals surface area (Å²) >= 11 is 1.41. The van der Waals surface area contributed by atoms with Crippen LogP contribution < -0.4 is 9.47 Å². The Morgan fingerprint density at radius 3 is 2.43 bits per heavy atom. The number of amidine groups is 1. The van der Waals surface area contributed by atoms with Crippen LogP contribution in [0.3, 0.4) is 0 Å². The van der Waals surface area contributed by atoms with E-state index in [0.717, 1.165) is 17.7 Å². The average Bonchev–Trinajstić information content (AvgIpc) is 3.17. The molecule has 37 heavy (non-hydrogen) atoms. The molecule has 3 aromatic carbocycles. The van der Waals surface area contributed by atoms with Crippen molar-refractivity contribution in [1.29, 1.82) is 0 Å². The number of ether oxygens (including phenoxy) is 2. The summed E-state index contributed by atoms with van der Waals surface area (Å²) in [6.07, 6.45) is 2.67. The molecule has 4 rings (SSSR count). The largest absolute Gasteiger partial charge is 0.490 e. The predicted octanol–water partition coefficient (Wildman–Crippen LogP) is 7.28. The van der Waals surface area contributed by atoms with Gasteiger partial charge >= 0.3 is 0 Å². The van der Waals surface area contributed by atoms with Gasteiger partial charge in [0, 0.05) is 6.54 Å². The lowest BCUT2D eigenvalue weighted by atomic mass is 10.1. The Morgan fingerprint density at radius 2 is 1.73 bits per heavy atom. The van der Waals surface area contributed by atoms with Gasteiger partial charge in [0.15, 0.2) is 16.7 Å². The summed E-state index contributed by atoms with van der Waals surface area (Å²) in [7, 11) is 0. The minimum Gasteiger partial charge on any atom is -0.490 e. The van der Waals surface area contributed by atoms with Crippen LogP contribution in [0.25, 0.3) is 6.08 Å². The molecule has 1 aliphatic rings. The van der Waals surface area contributed by atoms with E-state index in [1.54, 1.807) is 4.90 Å². The molecular weight excluding hydrogens is 480 g/mol. The van der Waals surface area contributed by atoms with Gasteiger partial charge in [-0.05, 0) is 79.4 Å². The maximum Gasteiger partial charge on any atom is 0.266 e. The number of benzene rings is 3. The molecule has 0 unspecified atom stereocenters. The highest BCUT2D eigenvalue weighted by Crippen LogP contribution is 2.36. The van der Waals surface area contributed by atoms with Gasteiger partial charge in [-0.3, -0.25) is 9.69 Å². The van der Waals surface area contributed by atoms with E-state index >= 15 is 0 Å². The number of carbonyl (C=O) groups is 1. The van der Waals surface area contributed by atoms with Crippen molar-refractivity contribution in [3.8, 4) is 11.5 Å². The Morgan fingerprint density at radius 1 is 0.973 bits per heavy atom. The minimum atomic E-state index is -0.0371. The zero-order valence-electron chi connectivity index (χ0n) is 21.9. The van der Waals surface area contributed by atoms with E-state index in [0.29, 0.717) is 47.2 Å². The quantitative estimate of drug-likeness (QED) is 0.267. The smallest absolute Gasteiger partial charge is 0.266 e. The maximum absolute atomic E-state index is 13.5. The fourth-order valence-electron chi connectivity index (χ4n) is 3.81. The summed E-state index contributed by atoms with van der Waals surface area (Å²) < 4.78 is 11.8. The van der Waals surface area contributed by atoms with Gasteiger partial charge in [0.25, 0.3) is 5.91 Å². The van der Waals surface area contributed by atoms with E-state index in [-0.39, 0.29) is 5.91 Å². The molecule has 0 atom stereocenters. The first kappa shape index (κ1) is 26.6. The molecule has 1 fully saturated rings. The highest BCUT2D eigenvalue weighted by Gasteiger charge is 2.33. The number of carbonyl (C=O) groups excluding carboxylic acids is 1. The number of nitrogens with zero attached hydrogens (tertiary/aromatic N) is 2. The number of amides is 1. The Balaban J connectivity index is 1.62. The Hall–Kier alpha value is -3.51. The summed E-state index contributed by atoms with van der Waals surface area (Å²) in [5, 5.41) is 0.693. The first-order valence-electron chi connectivity index (χ1n) is 12.7. The van der Waals surface area contributed by atoms with Crippen LogP contribution in [0.5, 0.6) is 11.5 Å². The van der Waals surface area contributed by atoms with E-state index < -0.39 is 0 Å². The van der Waals surface area contributed by atoms with Crippen molar-refractivity contribution >= 4 is 34.6 Å². The summed E-state index contributed by atoms with van der Waals surface area (Å²) in [6.45, 7) is 9.93. The van der Waals surface area contributed by atoms with Crippen LogP contribution in [-0.2, 0) is 11.2 Å². The van der Waals surface area contributed by atoms with E-state index in [2.05, 4.69) is 26.0 Å². The van der Waals surface area contributed by atoms with Crippen molar-refractivity contribution in [3.05, 3.63) is 94.4 Å². The van der Waals surface area contributed by atoms with Crippen molar-refractivity contribution in [3.63, 3.8) is 0 Å². The second-order valence-electron chi connectivity index (χ2n) is 9.38. The molecule has 0 saturated carbocycles. The molecule has 0 spiro atoms. The van der Waals surface area contributed by atoms with Gasteiger partial charge in [-0.2, -0.15) is 0 Å². The second kappa shape index (κ2) is 12.6. The summed E-state index contributed by atoms with van der Waals surface area (Å²) in [6, 6.07) is 24.0. The van der Waals surface area contributed by atoms with Gasteiger partial charge in [-0.1, -0.05) is 67.9 Å². The van der Waals surface area contributed by atoms with Gasteiger partial charge in [0.05, 0.1) is 23.8 Å². The molecule has 1 aliphatic heterocycles. The number of thioether (sulfide) groups is 1. The van der Waals surface area contributed by atoms with Crippen LogP contribution in [0.4, 0.5) is 5.69 Å². The third-order valence-electron chi connectivity index (χ3n) is 5.75. The van der Waals surface area contributed by atoms with E-state index in [4.69, 9.17) is 14.5 Å². The van der Waals surface area contributed by atoms with Gasteiger partial charge in [0.1, 0.15) is 0 Å².